The molecule has 0 saturated heterocycles. The van der Waals surface area contributed by atoms with Crippen LogP contribution < -0.4 is 0 Å². The predicted molar refractivity (Wildman–Crippen MR) is 72.1 cm³/mol. The molecule has 3 aromatic carbocycles. The van der Waals surface area contributed by atoms with Crippen molar-refractivity contribution >= 4 is 21.5 Å². The second kappa shape index (κ2) is 3.86. The van der Waals surface area contributed by atoms with Gasteiger partial charge >= 0.3 is 0 Å². The van der Waals surface area contributed by atoms with E-state index >= 15 is 0 Å². The van der Waals surface area contributed by atoms with Crippen LogP contribution in [0.4, 0.5) is 0 Å². The molecule has 0 aliphatic heterocycles. The summed E-state index contributed by atoms with van der Waals surface area (Å²) < 4.78 is 0. The van der Waals surface area contributed by atoms with E-state index in [2.05, 4.69) is 36.4 Å². The molecule has 0 saturated carbocycles. The zero-order valence-electron chi connectivity index (χ0n) is 9.72. The highest BCUT2D eigenvalue weighted by Crippen LogP contribution is 2.31. The van der Waals surface area contributed by atoms with Crippen LogP contribution in [0.15, 0.2) is 54.6 Å². The Bertz CT molecular complexity index is 683. The fourth-order valence-electron chi connectivity index (χ4n) is 2.43. The van der Waals surface area contributed by atoms with Crippen LogP contribution in [0, 0.1) is 0 Å². The van der Waals surface area contributed by atoms with E-state index in [9.17, 15) is 5.11 Å². The van der Waals surface area contributed by atoms with E-state index in [4.69, 9.17) is 0 Å². The van der Waals surface area contributed by atoms with Gasteiger partial charge in [-0.1, -0.05) is 48.5 Å². The molecule has 0 radical (unpaired) electrons. The molecule has 3 aromatic rings. The number of hydrogen-bond acceptors (Lipinski definition) is 1. The van der Waals surface area contributed by atoms with Crippen LogP contribution in [-0.2, 0) is 0 Å². The molecule has 0 spiro atoms. The lowest BCUT2D eigenvalue weighted by Gasteiger charge is -2.12. The lowest BCUT2D eigenvalue weighted by atomic mass is 9.95. The Hall–Kier alpha value is -1.86. The summed E-state index contributed by atoms with van der Waals surface area (Å²) in [6.07, 6.45) is -0.440. The highest BCUT2D eigenvalue weighted by molar-refractivity contribution is 6.09. The van der Waals surface area contributed by atoms with Crippen molar-refractivity contribution in [2.75, 3.05) is 0 Å². The predicted octanol–water partition coefficient (Wildman–Crippen LogP) is 4.05. The van der Waals surface area contributed by atoms with Crippen molar-refractivity contribution in [2.24, 2.45) is 0 Å². The van der Waals surface area contributed by atoms with Gasteiger partial charge in [-0.05, 0) is 40.1 Å². The maximum Gasteiger partial charge on any atom is 0.0768 e. The summed E-state index contributed by atoms with van der Waals surface area (Å²) in [4.78, 5) is 0. The zero-order chi connectivity index (χ0) is 11.8. The summed E-state index contributed by atoms with van der Waals surface area (Å²) in [6.45, 7) is 1.82. The molecule has 0 unspecified atom stereocenters. The van der Waals surface area contributed by atoms with E-state index in [0.29, 0.717) is 0 Å². The molecule has 0 aromatic heterocycles. The Balaban J connectivity index is 2.55. The van der Waals surface area contributed by atoms with Gasteiger partial charge in [-0.2, -0.15) is 0 Å². The van der Waals surface area contributed by atoms with E-state index in [0.717, 1.165) is 10.9 Å². The lowest BCUT2D eigenvalue weighted by molar-refractivity contribution is 0.201. The van der Waals surface area contributed by atoms with E-state index < -0.39 is 6.10 Å². The summed E-state index contributed by atoms with van der Waals surface area (Å²) >= 11 is 0. The van der Waals surface area contributed by atoms with Gasteiger partial charge in [0, 0.05) is 0 Å². The molecule has 0 aliphatic carbocycles. The maximum atomic E-state index is 9.88. The van der Waals surface area contributed by atoms with Gasteiger partial charge < -0.3 is 5.11 Å². The molecule has 17 heavy (non-hydrogen) atoms. The largest absolute Gasteiger partial charge is 0.389 e. The molecule has 1 nitrogen and oxygen atoms in total. The van der Waals surface area contributed by atoms with E-state index in [1.54, 1.807) is 0 Å². The van der Waals surface area contributed by atoms with Crippen LogP contribution in [0.3, 0.4) is 0 Å². The Morgan fingerprint density at radius 1 is 0.824 bits per heavy atom. The third-order valence-electron chi connectivity index (χ3n) is 3.25. The molecule has 84 valence electrons. The van der Waals surface area contributed by atoms with Crippen molar-refractivity contribution < 1.29 is 5.11 Å². The van der Waals surface area contributed by atoms with Gasteiger partial charge in [0.15, 0.2) is 0 Å². The van der Waals surface area contributed by atoms with Crippen LogP contribution in [0.5, 0.6) is 0 Å². The number of fused-ring (bicyclic) bond motifs is 3. The average molecular weight is 222 g/mol. The summed E-state index contributed by atoms with van der Waals surface area (Å²) in [5.74, 6) is 0. The van der Waals surface area contributed by atoms with Crippen LogP contribution in [0.1, 0.15) is 18.6 Å². The molecule has 1 atom stereocenters. The highest BCUT2D eigenvalue weighted by Gasteiger charge is 2.09. The fraction of sp³-hybridized carbons (Fsp3) is 0.125. The number of aliphatic hydroxyl groups excluding tert-OH is 1. The fourth-order valence-corrected chi connectivity index (χ4v) is 2.43. The molecule has 0 fully saturated rings. The van der Waals surface area contributed by atoms with E-state index in [1.165, 1.54) is 16.2 Å². The van der Waals surface area contributed by atoms with Crippen molar-refractivity contribution in [1.29, 1.82) is 0 Å². The molecule has 0 bridgehead atoms. The van der Waals surface area contributed by atoms with E-state index in [-0.39, 0.29) is 0 Å². The van der Waals surface area contributed by atoms with Gasteiger partial charge in [0.1, 0.15) is 0 Å². The quantitative estimate of drug-likeness (QED) is 0.616. The van der Waals surface area contributed by atoms with Gasteiger partial charge in [-0.25, -0.2) is 0 Å². The number of aliphatic hydroxyl groups is 1. The first-order valence-electron chi connectivity index (χ1n) is 5.86. The summed E-state index contributed by atoms with van der Waals surface area (Å²) in [6, 6.07) is 18.6. The molecule has 0 amide bonds. The lowest BCUT2D eigenvalue weighted by Crippen LogP contribution is -1.93. The molecule has 3 rings (SSSR count). The third kappa shape index (κ3) is 1.60. The summed E-state index contributed by atoms with van der Waals surface area (Å²) in [5, 5.41) is 14.7. The first kappa shape index (κ1) is 10.3. The number of rotatable bonds is 1. The second-order valence-electron chi connectivity index (χ2n) is 4.41. The number of benzene rings is 3. The van der Waals surface area contributed by atoms with Gasteiger partial charge in [-0.15, -0.1) is 0 Å². The van der Waals surface area contributed by atoms with Crippen molar-refractivity contribution in [3.8, 4) is 0 Å². The normalized spacial score (nSPS) is 13.1. The molecule has 0 aliphatic rings. The van der Waals surface area contributed by atoms with Gasteiger partial charge in [0.2, 0.25) is 0 Å². The minimum Gasteiger partial charge on any atom is -0.389 e. The molecule has 1 heteroatoms. The van der Waals surface area contributed by atoms with Crippen molar-refractivity contribution in [2.45, 2.75) is 13.0 Å². The minimum absolute atomic E-state index is 0.440. The second-order valence-corrected chi connectivity index (χ2v) is 4.41. The summed E-state index contributed by atoms with van der Waals surface area (Å²) in [5.41, 5.74) is 0.999. The average Bonchev–Trinajstić information content (AvgIpc) is 2.37. The van der Waals surface area contributed by atoms with Crippen LogP contribution in [0.2, 0.25) is 0 Å². The number of hydrogen-bond donors (Lipinski definition) is 1. The summed E-state index contributed by atoms with van der Waals surface area (Å²) in [7, 11) is 0. The van der Waals surface area contributed by atoms with Gasteiger partial charge in [0.25, 0.3) is 0 Å². The van der Waals surface area contributed by atoms with Crippen molar-refractivity contribution in [1.82, 2.24) is 0 Å². The minimum atomic E-state index is -0.440. The SMILES string of the molecule is C[C@@H](O)c1cc2ccccc2c2ccccc12. The monoisotopic (exact) mass is 222 g/mol. The standard InChI is InChI=1S/C16H14O/c1-11(17)16-10-12-6-2-3-7-13(12)14-8-4-5-9-15(14)16/h2-11,17H,1H3/t11-/m1/s1. The van der Waals surface area contributed by atoms with Crippen molar-refractivity contribution in [3.05, 3.63) is 60.2 Å². The Kier molecular flexibility index (Phi) is 2.34. The molecular weight excluding hydrogens is 208 g/mol. The van der Waals surface area contributed by atoms with Crippen LogP contribution >= 0.6 is 0 Å². The Labute approximate surface area is 100 Å². The Morgan fingerprint density at radius 2 is 1.41 bits per heavy atom. The van der Waals surface area contributed by atoms with Gasteiger partial charge in [0.05, 0.1) is 6.10 Å². The highest BCUT2D eigenvalue weighted by atomic mass is 16.3. The zero-order valence-corrected chi connectivity index (χ0v) is 9.72. The van der Waals surface area contributed by atoms with Crippen LogP contribution in [0.25, 0.3) is 21.5 Å². The molecule has 1 N–H and O–H groups in total. The maximum absolute atomic E-state index is 9.88. The topological polar surface area (TPSA) is 20.2 Å². The third-order valence-corrected chi connectivity index (χ3v) is 3.25. The first-order valence-corrected chi connectivity index (χ1v) is 5.86. The smallest absolute Gasteiger partial charge is 0.0768 e. The van der Waals surface area contributed by atoms with Gasteiger partial charge in [-0.3, -0.25) is 0 Å². The molecular formula is C16H14O. The Morgan fingerprint density at radius 3 is 2.12 bits per heavy atom. The molecule has 0 heterocycles. The van der Waals surface area contributed by atoms with Crippen molar-refractivity contribution in [3.63, 3.8) is 0 Å². The van der Waals surface area contributed by atoms with Crippen LogP contribution in [-0.4, -0.2) is 5.11 Å². The van der Waals surface area contributed by atoms with E-state index in [1.807, 2.05) is 25.1 Å². The first-order chi connectivity index (χ1) is 8.27.